The van der Waals surface area contributed by atoms with Gasteiger partial charge in [-0.3, -0.25) is 14.5 Å². The first-order valence-electron chi connectivity index (χ1n) is 10.2. The van der Waals surface area contributed by atoms with Crippen molar-refractivity contribution >= 4 is 52.7 Å². The van der Waals surface area contributed by atoms with Gasteiger partial charge >= 0.3 is 12.1 Å². The van der Waals surface area contributed by atoms with E-state index in [0.717, 1.165) is 4.90 Å². The molecule has 2 N–H and O–H groups in total. The van der Waals surface area contributed by atoms with Crippen molar-refractivity contribution in [2.24, 2.45) is 0 Å². The number of likely N-dealkylation sites (N-methyl/N-ethyl adjacent to an activating group) is 1. The number of nitrogens with zero attached hydrogens (tertiary/aromatic N) is 5. The molecule has 12 nitrogen and oxygen atoms in total. The molecule has 190 valence electrons. The van der Waals surface area contributed by atoms with Gasteiger partial charge in [0.25, 0.3) is 11.9 Å². The van der Waals surface area contributed by atoms with Gasteiger partial charge < -0.3 is 20.1 Å². The van der Waals surface area contributed by atoms with Gasteiger partial charge in [-0.2, -0.15) is 4.39 Å². The average molecular weight is 540 g/mol. The lowest BCUT2D eigenvalue weighted by atomic mass is 10.2. The Bertz CT molecular complexity index is 1270. The molecular weight excluding hydrogens is 520 g/mol. The number of aromatic nitrogens is 4. The number of amides is 2. The number of anilines is 2. The summed E-state index contributed by atoms with van der Waals surface area (Å²) in [6, 6.07) is 7.58. The van der Waals surface area contributed by atoms with Gasteiger partial charge in [0.05, 0.1) is 17.3 Å². The van der Waals surface area contributed by atoms with E-state index in [4.69, 9.17) is 32.7 Å². The summed E-state index contributed by atoms with van der Waals surface area (Å²) >= 11 is 11.8. The normalized spacial score (nSPS) is 10.6. The Morgan fingerprint density at radius 3 is 2.67 bits per heavy atom. The minimum absolute atomic E-state index is 0.0215. The molecule has 1 aromatic carbocycles. The van der Waals surface area contributed by atoms with Crippen LogP contribution >= 0.6 is 23.2 Å². The molecule has 0 aliphatic rings. The van der Waals surface area contributed by atoms with Crippen LogP contribution in [0.3, 0.4) is 0 Å². The Kier molecular flexibility index (Phi) is 9.11. The minimum Gasteiger partial charge on any atom is -0.460 e. The Morgan fingerprint density at radius 1 is 1.17 bits per heavy atom. The molecule has 0 aliphatic heterocycles. The molecule has 0 saturated carbocycles. The smallest absolute Gasteiger partial charge is 0.417 e. The summed E-state index contributed by atoms with van der Waals surface area (Å²) in [4.78, 5) is 42.4. The van der Waals surface area contributed by atoms with Crippen molar-refractivity contribution < 1.29 is 28.2 Å². The van der Waals surface area contributed by atoms with Crippen LogP contribution in [0.4, 0.5) is 20.7 Å². The number of carbonyl (C=O) groups excluding carboxylic acids is 3. The van der Waals surface area contributed by atoms with Crippen molar-refractivity contribution in [3.05, 3.63) is 63.8 Å². The van der Waals surface area contributed by atoms with Crippen LogP contribution in [0.5, 0.6) is 0 Å². The maximum absolute atomic E-state index is 14.2. The van der Waals surface area contributed by atoms with Crippen LogP contribution < -0.4 is 15.5 Å². The number of ether oxygens (including phenoxy) is 2. The molecule has 0 radical (unpaired) electrons. The van der Waals surface area contributed by atoms with E-state index in [9.17, 15) is 18.8 Å². The Labute approximate surface area is 214 Å². The van der Waals surface area contributed by atoms with Crippen molar-refractivity contribution in [1.82, 2.24) is 25.3 Å². The lowest BCUT2D eigenvalue weighted by Gasteiger charge is -2.18. The van der Waals surface area contributed by atoms with E-state index in [-0.39, 0.29) is 29.7 Å². The number of benzene rings is 1. The summed E-state index contributed by atoms with van der Waals surface area (Å²) < 4.78 is 24.4. The molecule has 15 heteroatoms. The summed E-state index contributed by atoms with van der Waals surface area (Å²) in [6.07, 6.45) is 0.563. The highest BCUT2D eigenvalue weighted by Gasteiger charge is 2.22. The second-order valence-corrected chi connectivity index (χ2v) is 7.91. The number of halogens is 3. The fourth-order valence-electron chi connectivity index (χ4n) is 2.79. The first-order chi connectivity index (χ1) is 17.2. The summed E-state index contributed by atoms with van der Waals surface area (Å²) in [5.41, 5.74) is 0.00108. The molecule has 2 aromatic heterocycles. The fraction of sp³-hybridized carbons (Fsp3) is 0.238. The Morgan fingerprint density at radius 2 is 1.94 bits per heavy atom. The Hall–Kier alpha value is -3.81. The van der Waals surface area contributed by atoms with E-state index in [0.29, 0.717) is 15.4 Å². The highest BCUT2D eigenvalue weighted by Crippen LogP contribution is 2.26. The third kappa shape index (κ3) is 6.87. The number of hydrogen-bond donors (Lipinski definition) is 2. The van der Waals surface area contributed by atoms with E-state index in [1.807, 2.05) is 0 Å². The van der Waals surface area contributed by atoms with Gasteiger partial charge in [-0.1, -0.05) is 29.3 Å². The van der Waals surface area contributed by atoms with Crippen LogP contribution in [-0.2, 0) is 27.6 Å². The van der Waals surface area contributed by atoms with Crippen LogP contribution in [0.25, 0.3) is 0 Å². The monoisotopic (exact) mass is 539 g/mol. The van der Waals surface area contributed by atoms with E-state index in [1.54, 1.807) is 19.2 Å². The zero-order valence-electron chi connectivity index (χ0n) is 19.0. The predicted molar refractivity (Wildman–Crippen MR) is 127 cm³/mol. The van der Waals surface area contributed by atoms with Crippen LogP contribution in [0.2, 0.25) is 10.0 Å². The average Bonchev–Trinajstić information content (AvgIpc) is 3.23. The molecule has 0 spiro atoms. The molecule has 3 aromatic rings. The number of nitrogens with one attached hydrogen (secondary N) is 2. The topological polar surface area (TPSA) is 141 Å². The summed E-state index contributed by atoms with van der Waals surface area (Å²) in [7, 11) is 2.99. The molecule has 0 saturated heterocycles. The molecular formula is C21H20Cl2FN7O5. The second-order valence-electron chi connectivity index (χ2n) is 7.07. The van der Waals surface area contributed by atoms with Gasteiger partial charge in [0.1, 0.15) is 12.4 Å². The fourth-order valence-corrected chi connectivity index (χ4v) is 3.25. The minimum atomic E-state index is -1.18. The zero-order valence-corrected chi connectivity index (χ0v) is 20.5. The van der Waals surface area contributed by atoms with Crippen molar-refractivity contribution in [3.8, 4) is 0 Å². The van der Waals surface area contributed by atoms with E-state index in [1.165, 1.54) is 31.4 Å². The summed E-state index contributed by atoms with van der Waals surface area (Å²) in [6.45, 7) is -0.703. The van der Waals surface area contributed by atoms with Gasteiger partial charge in [0.2, 0.25) is 12.4 Å². The van der Waals surface area contributed by atoms with Crippen LogP contribution in [0, 0.1) is 5.95 Å². The van der Waals surface area contributed by atoms with Crippen molar-refractivity contribution in [1.29, 1.82) is 0 Å². The third-order valence-electron chi connectivity index (χ3n) is 4.48. The van der Waals surface area contributed by atoms with Crippen LogP contribution in [0.1, 0.15) is 16.1 Å². The van der Waals surface area contributed by atoms with Gasteiger partial charge in [-0.15, -0.1) is 15.0 Å². The van der Waals surface area contributed by atoms with Crippen molar-refractivity contribution in [3.63, 3.8) is 0 Å². The van der Waals surface area contributed by atoms with E-state index >= 15 is 0 Å². The highest BCUT2D eigenvalue weighted by molar-refractivity contribution is 6.36. The molecule has 36 heavy (non-hydrogen) atoms. The molecule has 0 unspecified atom stereocenters. The first-order valence-corrected chi connectivity index (χ1v) is 11.0. The molecule has 0 atom stereocenters. The summed E-state index contributed by atoms with van der Waals surface area (Å²) in [5, 5.41) is 12.7. The number of hydrogen-bond acceptors (Lipinski definition) is 9. The third-order valence-corrected chi connectivity index (χ3v) is 5.03. The highest BCUT2D eigenvalue weighted by atomic mass is 35.5. The molecule has 2 heterocycles. The van der Waals surface area contributed by atoms with E-state index in [2.05, 4.69) is 25.8 Å². The first kappa shape index (κ1) is 26.8. The van der Waals surface area contributed by atoms with Crippen molar-refractivity contribution in [2.45, 2.75) is 13.3 Å². The van der Waals surface area contributed by atoms with Gasteiger partial charge in [0, 0.05) is 23.8 Å². The maximum Gasteiger partial charge on any atom is 0.417 e. The molecule has 3 rings (SSSR count). The molecule has 0 aliphatic carbocycles. The van der Waals surface area contributed by atoms with Gasteiger partial charge in [0.15, 0.2) is 0 Å². The molecule has 2 amide bonds. The lowest BCUT2D eigenvalue weighted by Crippen LogP contribution is -2.30. The number of pyridine rings is 1. The lowest BCUT2D eigenvalue weighted by molar-refractivity contribution is -0.143. The van der Waals surface area contributed by atoms with Gasteiger partial charge in [-0.25, -0.2) is 9.78 Å². The van der Waals surface area contributed by atoms with Crippen molar-refractivity contribution in [2.75, 3.05) is 30.9 Å². The standard InChI is InChI=1S/C21H20Cl2FN7O5/c1-25-9-16(32)35-10-12-4-3-7-26-19(12)30(2)21(34)36-11-31-28-17(18(24)29-31)20(33)27-15-6-5-13(22)8-14(15)23/h3-8,25H,9-11H2,1-2H3,(H,27,33). The van der Waals surface area contributed by atoms with Gasteiger partial charge in [-0.05, 0) is 31.3 Å². The largest absolute Gasteiger partial charge is 0.460 e. The maximum atomic E-state index is 14.2. The SMILES string of the molecule is CNCC(=O)OCc1cccnc1N(C)C(=O)OCn1nc(F)c(C(=O)Nc2ccc(Cl)cc2Cl)n1. The van der Waals surface area contributed by atoms with Crippen LogP contribution in [0.15, 0.2) is 36.5 Å². The molecule has 0 fully saturated rings. The quantitative estimate of drug-likeness (QED) is 0.392. The van der Waals surface area contributed by atoms with Crippen LogP contribution in [-0.4, -0.2) is 58.6 Å². The molecule has 0 bridgehead atoms. The number of esters is 1. The van der Waals surface area contributed by atoms with E-state index < -0.39 is 36.3 Å². The number of carbonyl (C=O) groups is 3. The predicted octanol–water partition coefficient (Wildman–Crippen LogP) is 2.86. The zero-order chi connectivity index (χ0) is 26.2. The Balaban J connectivity index is 1.62. The summed E-state index contributed by atoms with van der Waals surface area (Å²) in [5.74, 6) is -2.41. The number of rotatable bonds is 9. The second kappa shape index (κ2) is 12.2.